The summed E-state index contributed by atoms with van der Waals surface area (Å²) in [6.07, 6.45) is -4.56. The zero-order valence-electron chi connectivity index (χ0n) is 7.96. The highest BCUT2D eigenvalue weighted by atomic mass is 35.7. The molecule has 0 atom stereocenters. The van der Waals surface area contributed by atoms with E-state index in [1.165, 1.54) is 0 Å². The van der Waals surface area contributed by atoms with Gasteiger partial charge in [-0.2, -0.15) is 13.2 Å². The monoisotopic (exact) mass is 292 g/mol. The van der Waals surface area contributed by atoms with Crippen LogP contribution >= 0.6 is 10.7 Å². The molecule has 17 heavy (non-hydrogen) atoms. The van der Waals surface area contributed by atoms with Crippen molar-refractivity contribution in [1.29, 1.82) is 0 Å². The van der Waals surface area contributed by atoms with Gasteiger partial charge in [0.1, 0.15) is 16.5 Å². The molecule has 0 amide bonds. The van der Waals surface area contributed by atoms with Crippen molar-refractivity contribution in [3.05, 3.63) is 24.0 Å². The van der Waals surface area contributed by atoms with Gasteiger partial charge in [0.2, 0.25) is 0 Å². The zero-order valence-corrected chi connectivity index (χ0v) is 9.53. The lowest BCUT2D eigenvalue weighted by atomic mass is 10.3. The maximum Gasteiger partial charge on any atom is 0.422 e. The molecule has 0 N–H and O–H groups in total. The van der Waals surface area contributed by atoms with Crippen molar-refractivity contribution in [3.63, 3.8) is 0 Å². The normalized spacial score (nSPS) is 12.5. The van der Waals surface area contributed by atoms with Gasteiger partial charge in [0.05, 0.1) is 0 Å². The smallest absolute Gasteiger partial charge is 0.422 e. The summed E-state index contributed by atoms with van der Waals surface area (Å²) in [4.78, 5) is -0.821. The van der Waals surface area contributed by atoms with E-state index in [9.17, 15) is 26.0 Å². The van der Waals surface area contributed by atoms with Crippen LogP contribution in [0.1, 0.15) is 0 Å². The minimum Gasteiger partial charge on any atom is -0.484 e. The summed E-state index contributed by atoms with van der Waals surface area (Å²) in [6.45, 7) is -1.60. The molecule has 3 nitrogen and oxygen atoms in total. The fourth-order valence-electron chi connectivity index (χ4n) is 0.934. The number of ether oxygens (including phenoxy) is 1. The van der Waals surface area contributed by atoms with Gasteiger partial charge < -0.3 is 4.74 Å². The standard InChI is InChI=1S/C8H5ClF4O3S/c9-17(14,15)7-2-1-5(3-6(7)10)16-4-8(11,12)13/h1-3H,4H2. The molecule has 1 aromatic carbocycles. The van der Waals surface area contributed by atoms with Crippen LogP contribution in [0.25, 0.3) is 0 Å². The summed E-state index contributed by atoms with van der Waals surface area (Å²) in [6, 6.07) is 2.12. The molecule has 1 aromatic rings. The molecule has 0 fully saturated rings. The van der Waals surface area contributed by atoms with Gasteiger partial charge in [-0.3, -0.25) is 0 Å². The third kappa shape index (κ3) is 4.39. The molecule has 0 aliphatic rings. The molecule has 0 aliphatic heterocycles. The van der Waals surface area contributed by atoms with E-state index in [-0.39, 0.29) is 0 Å². The molecule has 0 spiro atoms. The second-order valence-corrected chi connectivity index (χ2v) is 5.47. The van der Waals surface area contributed by atoms with Crippen molar-refractivity contribution in [2.45, 2.75) is 11.1 Å². The highest BCUT2D eigenvalue weighted by Crippen LogP contribution is 2.24. The fourth-order valence-corrected chi connectivity index (χ4v) is 1.83. The van der Waals surface area contributed by atoms with Crippen molar-refractivity contribution in [3.8, 4) is 5.75 Å². The van der Waals surface area contributed by atoms with E-state index in [4.69, 9.17) is 10.7 Å². The van der Waals surface area contributed by atoms with Crippen LogP contribution in [-0.2, 0) is 9.05 Å². The van der Waals surface area contributed by atoms with Crippen molar-refractivity contribution in [2.24, 2.45) is 0 Å². The predicted octanol–water partition coefficient (Wildman–Crippen LogP) is 2.69. The maximum absolute atomic E-state index is 13.1. The summed E-state index contributed by atoms with van der Waals surface area (Å²) < 4.78 is 74.3. The Hall–Kier alpha value is -1.02. The first-order chi connectivity index (χ1) is 7.59. The molecule has 0 unspecified atom stereocenters. The van der Waals surface area contributed by atoms with E-state index in [0.717, 1.165) is 12.1 Å². The molecule has 9 heteroatoms. The molecule has 96 valence electrons. The van der Waals surface area contributed by atoms with Gasteiger partial charge in [0.15, 0.2) is 6.61 Å². The Morgan fingerprint density at radius 3 is 2.29 bits per heavy atom. The van der Waals surface area contributed by atoms with E-state index >= 15 is 0 Å². The second kappa shape index (κ2) is 4.69. The molecular formula is C8H5ClF4O3S. The lowest BCUT2D eigenvalue weighted by Gasteiger charge is -2.09. The van der Waals surface area contributed by atoms with Gasteiger partial charge in [0.25, 0.3) is 9.05 Å². The van der Waals surface area contributed by atoms with Crippen molar-refractivity contribution in [1.82, 2.24) is 0 Å². The molecule has 0 saturated heterocycles. The van der Waals surface area contributed by atoms with E-state index in [0.29, 0.717) is 6.07 Å². The number of benzene rings is 1. The molecule has 0 saturated carbocycles. The number of hydrogen-bond donors (Lipinski definition) is 0. The number of rotatable bonds is 3. The summed E-state index contributed by atoms with van der Waals surface area (Å²) in [5.74, 6) is -1.72. The summed E-state index contributed by atoms with van der Waals surface area (Å²) in [5.41, 5.74) is 0. The lowest BCUT2D eigenvalue weighted by Crippen LogP contribution is -2.19. The number of alkyl halides is 3. The Kier molecular flexibility index (Phi) is 3.88. The van der Waals surface area contributed by atoms with E-state index < -0.39 is 38.3 Å². The van der Waals surface area contributed by atoms with Crippen molar-refractivity contribution in [2.75, 3.05) is 6.61 Å². The first-order valence-electron chi connectivity index (χ1n) is 4.03. The molecule has 0 radical (unpaired) electrons. The van der Waals surface area contributed by atoms with Crippen LogP contribution in [0.3, 0.4) is 0 Å². The van der Waals surface area contributed by atoms with Crippen LogP contribution < -0.4 is 4.74 Å². The third-order valence-electron chi connectivity index (χ3n) is 1.57. The molecule has 0 heterocycles. The largest absolute Gasteiger partial charge is 0.484 e. The van der Waals surface area contributed by atoms with Crippen LogP contribution in [0.4, 0.5) is 17.6 Å². The first kappa shape index (κ1) is 14.0. The quantitative estimate of drug-likeness (QED) is 0.635. The highest BCUT2D eigenvalue weighted by Gasteiger charge is 2.28. The van der Waals surface area contributed by atoms with Crippen LogP contribution in [0, 0.1) is 5.82 Å². The Morgan fingerprint density at radius 2 is 1.88 bits per heavy atom. The number of halogens is 5. The van der Waals surface area contributed by atoms with E-state index in [2.05, 4.69) is 4.74 Å². The van der Waals surface area contributed by atoms with E-state index in [1.54, 1.807) is 0 Å². The van der Waals surface area contributed by atoms with Gasteiger partial charge in [-0.25, -0.2) is 12.8 Å². The Labute approximate surface area is 98.4 Å². The van der Waals surface area contributed by atoms with Gasteiger partial charge in [-0.05, 0) is 12.1 Å². The van der Waals surface area contributed by atoms with Gasteiger partial charge >= 0.3 is 6.18 Å². The number of hydrogen-bond acceptors (Lipinski definition) is 3. The van der Waals surface area contributed by atoms with Crippen molar-refractivity contribution >= 4 is 19.7 Å². The molecule has 1 rings (SSSR count). The average molecular weight is 293 g/mol. The van der Waals surface area contributed by atoms with E-state index in [1.807, 2.05) is 0 Å². The van der Waals surface area contributed by atoms with Gasteiger partial charge in [0, 0.05) is 16.7 Å². The molecule has 0 aromatic heterocycles. The topological polar surface area (TPSA) is 43.4 Å². The Balaban J connectivity index is 2.91. The lowest BCUT2D eigenvalue weighted by molar-refractivity contribution is -0.153. The minimum absolute atomic E-state index is 0.441. The maximum atomic E-state index is 13.1. The molecule has 0 bridgehead atoms. The molecule has 0 aliphatic carbocycles. The fraction of sp³-hybridized carbons (Fsp3) is 0.250. The van der Waals surface area contributed by atoms with Crippen LogP contribution in [0.15, 0.2) is 23.1 Å². The highest BCUT2D eigenvalue weighted by molar-refractivity contribution is 8.13. The SMILES string of the molecule is O=S(=O)(Cl)c1ccc(OCC(F)(F)F)cc1F. The van der Waals surface area contributed by atoms with Crippen LogP contribution in [-0.4, -0.2) is 21.2 Å². The van der Waals surface area contributed by atoms with Gasteiger partial charge in [-0.15, -0.1) is 0 Å². The Bertz CT molecular complexity index is 512. The van der Waals surface area contributed by atoms with Crippen LogP contribution in [0.2, 0.25) is 0 Å². The van der Waals surface area contributed by atoms with Gasteiger partial charge in [-0.1, -0.05) is 0 Å². The summed E-state index contributed by atoms with van der Waals surface area (Å²) in [7, 11) is 0.603. The zero-order chi connectivity index (χ0) is 13.3. The third-order valence-corrected chi connectivity index (χ3v) is 2.92. The van der Waals surface area contributed by atoms with Crippen molar-refractivity contribution < 1.29 is 30.7 Å². The van der Waals surface area contributed by atoms with Crippen LogP contribution in [0.5, 0.6) is 5.75 Å². The summed E-state index contributed by atoms with van der Waals surface area (Å²) in [5, 5.41) is 0. The minimum atomic E-state index is -4.56. The first-order valence-corrected chi connectivity index (χ1v) is 6.34. The Morgan fingerprint density at radius 1 is 1.29 bits per heavy atom. The average Bonchev–Trinajstić information content (AvgIpc) is 2.11. The summed E-state index contributed by atoms with van der Waals surface area (Å²) >= 11 is 0. The second-order valence-electron chi connectivity index (χ2n) is 2.93. The predicted molar refractivity (Wildman–Crippen MR) is 51.0 cm³/mol. The molecular weight excluding hydrogens is 288 g/mol.